The summed E-state index contributed by atoms with van der Waals surface area (Å²) in [7, 11) is 0. The Hall–Kier alpha value is -3.06. The standard InChI is InChI=1S/C33H51N3O4/c1-25(2)35(26(3)4)32(37)39-21-15-20-31(24-40-33(38)36(27(5)6)28(7)8)34(22-29-16-11-9-12-17-29)23-30-18-13-10-14-19-30/h9-14,16-19,25-28,31H,15,20-24H2,1-8H3/t31-/m0/s1. The zero-order chi connectivity index (χ0) is 29.7. The number of hydrogen-bond donors (Lipinski definition) is 0. The van der Waals surface area contributed by atoms with Gasteiger partial charge < -0.3 is 19.3 Å². The third-order valence-corrected chi connectivity index (χ3v) is 6.93. The van der Waals surface area contributed by atoms with Crippen molar-refractivity contribution in [3.8, 4) is 0 Å². The van der Waals surface area contributed by atoms with Crippen molar-refractivity contribution in [1.29, 1.82) is 0 Å². The molecule has 0 saturated carbocycles. The zero-order valence-corrected chi connectivity index (χ0v) is 25.9. The van der Waals surface area contributed by atoms with Gasteiger partial charge in [0.2, 0.25) is 0 Å². The van der Waals surface area contributed by atoms with Gasteiger partial charge in [0.15, 0.2) is 0 Å². The molecule has 0 aromatic heterocycles. The van der Waals surface area contributed by atoms with E-state index in [1.54, 1.807) is 9.80 Å². The number of amides is 2. The lowest BCUT2D eigenvalue weighted by atomic mass is 10.1. The van der Waals surface area contributed by atoms with Crippen molar-refractivity contribution in [2.24, 2.45) is 0 Å². The van der Waals surface area contributed by atoms with Crippen LogP contribution in [0.1, 0.15) is 79.4 Å². The average molecular weight is 554 g/mol. The first-order chi connectivity index (χ1) is 19.0. The lowest BCUT2D eigenvalue weighted by Gasteiger charge is -2.34. The van der Waals surface area contributed by atoms with Crippen LogP contribution in [0.5, 0.6) is 0 Å². The molecule has 7 nitrogen and oxygen atoms in total. The van der Waals surface area contributed by atoms with E-state index >= 15 is 0 Å². The number of rotatable bonds is 15. The molecule has 0 fully saturated rings. The summed E-state index contributed by atoms with van der Waals surface area (Å²) in [6, 6.07) is 20.8. The molecule has 0 saturated heterocycles. The van der Waals surface area contributed by atoms with E-state index in [0.29, 0.717) is 32.5 Å². The Balaban J connectivity index is 2.21. The Morgan fingerprint density at radius 3 is 1.43 bits per heavy atom. The van der Waals surface area contributed by atoms with E-state index in [4.69, 9.17) is 9.47 Å². The van der Waals surface area contributed by atoms with Gasteiger partial charge in [-0.2, -0.15) is 0 Å². The minimum Gasteiger partial charge on any atom is -0.449 e. The molecule has 0 heterocycles. The van der Waals surface area contributed by atoms with Crippen LogP contribution < -0.4 is 0 Å². The third kappa shape index (κ3) is 10.8. The zero-order valence-electron chi connectivity index (χ0n) is 25.9. The molecule has 2 rings (SSSR count). The summed E-state index contributed by atoms with van der Waals surface area (Å²) < 4.78 is 11.6. The highest BCUT2D eigenvalue weighted by Gasteiger charge is 2.26. The molecule has 0 radical (unpaired) electrons. The van der Waals surface area contributed by atoms with Gasteiger partial charge in [-0.15, -0.1) is 0 Å². The molecular formula is C33H51N3O4. The molecule has 40 heavy (non-hydrogen) atoms. The number of benzene rings is 2. The first-order valence-electron chi connectivity index (χ1n) is 14.7. The predicted molar refractivity (Wildman–Crippen MR) is 162 cm³/mol. The molecule has 0 bridgehead atoms. The van der Waals surface area contributed by atoms with Crippen molar-refractivity contribution in [1.82, 2.24) is 14.7 Å². The highest BCUT2D eigenvalue weighted by Crippen LogP contribution is 2.19. The maximum absolute atomic E-state index is 13.1. The van der Waals surface area contributed by atoms with Gasteiger partial charge >= 0.3 is 12.2 Å². The van der Waals surface area contributed by atoms with Crippen molar-refractivity contribution in [2.45, 2.75) is 112 Å². The Labute approximate surface area is 242 Å². The second-order valence-corrected chi connectivity index (χ2v) is 11.6. The van der Waals surface area contributed by atoms with Crippen LogP contribution in [0.3, 0.4) is 0 Å². The lowest BCUT2D eigenvalue weighted by Crippen LogP contribution is -2.45. The second-order valence-electron chi connectivity index (χ2n) is 11.6. The SMILES string of the molecule is CC(C)N(C(=O)OCCC[C@@H](COC(=O)N(C(C)C)C(C)C)N(Cc1ccccc1)Cc1ccccc1)C(C)C. The first kappa shape index (κ1) is 33.1. The largest absolute Gasteiger partial charge is 0.449 e. The van der Waals surface area contributed by atoms with Crippen molar-refractivity contribution in [3.05, 3.63) is 71.8 Å². The number of ether oxygens (including phenoxy) is 2. The van der Waals surface area contributed by atoms with Gasteiger partial charge in [-0.1, -0.05) is 60.7 Å². The normalized spacial score (nSPS) is 12.3. The van der Waals surface area contributed by atoms with Crippen molar-refractivity contribution >= 4 is 12.2 Å². The van der Waals surface area contributed by atoms with E-state index in [9.17, 15) is 9.59 Å². The van der Waals surface area contributed by atoms with Gasteiger partial charge in [-0.25, -0.2) is 9.59 Å². The van der Waals surface area contributed by atoms with Crippen LogP contribution in [0, 0.1) is 0 Å². The number of carbonyl (C=O) groups excluding carboxylic acids is 2. The predicted octanol–water partition coefficient (Wildman–Crippen LogP) is 7.35. The highest BCUT2D eigenvalue weighted by molar-refractivity contribution is 5.68. The van der Waals surface area contributed by atoms with Gasteiger partial charge in [0.05, 0.1) is 6.61 Å². The van der Waals surface area contributed by atoms with Crippen molar-refractivity contribution in [2.75, 3.05) is 13.2 Å². The minimum absolute atomic E-state index is 0.0416. The average Bonchev–Trinajstić information content (AvgIpc) is 2.88. The molecule has 222 valence electrons. The fourth-order valence-electron chi connectivity index (χ4n) is 5.15. The number of carbonyl (C=O) groups is 2. The monoisotopic (exact) mass is 553 g/mol. The van der Waals surface area contributed by atoms with E-state index in [0.717, 1.165) is 0 Å². The fourth-order valence-corrected chi connectivity index (χ4v) is 5.15. The van der Waals surface area contributed by atoms with Crippen LogP contribution in [0.15, 0.2) is 60.7 Å². The summed E-state index contributed by atoms with van der Waals surface area (Å²) >= 11 is 0. The van der Waals surface area contributed by atoms with E-state index in [2.05, 4.69) is 29.2 Å². The molecule has 7 heteroatoms. The second kappa shape index (κ2) is 16.9. The maximum atomic E-state index is 13.1. The molecule has 0 aliphatic rings. The molecule has 0 N–H and O–H groups in total. The molecule has 2 amide bonds. The minimum atomic E-state index is -0.301. The van der Waals surface area contributed by atoms with Crippen LogP contribution in [-0.2, 0) is 22.6 Å². The van der Waals surface area contributed by atoms with Crippen molar-refractivity contribution in [3.63, 3.8) is 0 Å². The maximum Gasteiger partial charge on any atom is 0.410 e. The molecule has 0 aliphatic carbocycles. The van der Waals surface area contributed by atoms with Crippen LogP contribution in [-0.4, -0.2) is 70.3 Å². The topological polar surface area (TPSA) is 62.3 Å². The van der Waals surface area contributed by atoms with Gasteiger partial charge in [0.25, 0.3) is 0 Å². The molecule has 0 aliphatic heterocycles. The van der Waals surface area contributed by atoms with E-state index in [1.165, 1.54) is 11.1 Å². The van der Waals surface area contributed by atoms with Crippen LogP contribution in [0.25, 0.3) is 0 Å². The molecule has 1 atom stereocenters. The Morgan fingerprint density at radius 1 is 0.625 bits per heavy atom. The summed E-state index contributed by atoms with van der Waals surface area (Å²) in [6.45, 7) is 18.0. The van der Waals surface area contributed by atoms with Gasteiger partial charge in [-0.3, -0.25) is 4.90 Å². The van der Waals surface area contributed by atoms with Gasteiger partial charge in [0, 0.05) is 43.3 Å². The molecule has 0 unspecified atom stereocenters. The summed E-state index contributed by atoms with van der Waals surface area (Å²) in [4.78, 5) is 31.7. The smallest absolute Gasteiger partial charge is 0.410 e. The van der Waals surface area contributed by atoms with Crippen LogP contribution in [0.2, 0.25) is 0 Å². The van der Waals surface area contributed by atoms with Crippen molar-refractivity contribution < 1.29 is 19.1 Å². The Morgan fingerprint density at radius 2 is 1.02 bits per heavy atom. The van der Waals surface area contributed by atoms with E-state index < -0.39 is 0 Å². The summed E-state index contributed by atoms with van der Waals surface area (Å²) in [5.74, 6) is 0. The fraction of sp³-hybridized carbons (Fsp3) is 0.576. The van der Waals surface area contributed by atoms with Crippen LogP contribution >= 0.6 is 0 Å². The molecule has 2 aromatic rings. The first-order valence-corrected chi connectivity index (χ1v) is 14.7. The highest BCUT2D eigenvalue weighted by atomic mass is 16.6. The molecular weight excluding hydrogens is 502 g/mol. The van der Waals surface area contributed by atoms with E-state index in [-0.39, 0.29) is 49.0 Å². The van der Waals surface area contributed by atoms with Crippen LogP contribution in [0.4, 0.5) is 9.59 Å². The quantitative estimate of drug-likeness (QED) is 0.216. The van der Waals surface area contributed by atoms with E-state index in [1.807, 2.05) is 91.8 Å². The Kier molecular flexibility index (Phi) is 14.0. The van der Waals surface area contributed by atoms with Gasteiger partial charge in [0.1, 0.15) is 6.61 Å². The summed E-state index contributed by atoms with van der Waals surface area (Å²) in [6.07, 6.45) is 0.788. The lowest BCUT2D eigenvalue weighted by molar-refractivity contribution is 0.0390. The number of hydrogen-bond acceptors (Lipinski definition) is 5. The third-order valence-electron chi connectivity index (χ3n) is 6.93. The Bertz CT molecular complexity index is 938. The summed E-state index contributed by atoms with van der Waals surface area (Å²) in [5.41, 5.74) is 2.38. The number of nitrogens with zero attached hydrogens (tertiary/aromatic N) is 3. The van der Waals surface area contributed by atoms with Gasteiger partial charge in [-0.05, 0) is 79.4 Å². The summed E-state index contributed by atoms with van der Waals surface area (Å²) in [5, 5.41) is 0. The molecule has 0 spiro atoms. The molecule has 2 aromatic carbocycles.